The Labute approximate surface area is 190 Å². The fraction of sp³-hybridized carbons (Fsp3) is 0. The van der Waals surface area contributed by atoms with E-state index < -0.39 is 5.91 Å². The van der Waals surface area contributed by atoms with Crippen LogP contribution in [0.3, 0.4) is 0 Å². The van der Waals surface area contributed by atoms with Crippen LogP contribution in [0.2, 0.25) is 5.15 Å². The standard InChI is InChI=1S/C27H18ClN3O/c28-26-23-13-7-6-12-22(23)24(20-9-2-1-3-10-20)25(30-26)27(32)31-29-17-18-14-15-19-8-4-5-11-21(19)16-18/h1-17H,(H,31,32)/b29-17+. The second-order valence-electron chi connectivity index (χ2n) is 7.34. The molecule has 1 amide bonds. The van der Waals surface area contributed by atoms with Gasteiger partial charge in [-0.1, -0.05) is 103 Å². The molecule has 32 heavy (non-hydrogen) atoms. The molecule has 1 aromatic heterocycles. The first-order valence-electron chi connectivity index (χ1n) is 10.2. The van der Waals surface area contributed by atoms with Crippen molar-refractivity contribution in [2.24, 2.45) is 5.10 Å². The average molecular weight is 436 g/mol. The summed E-state index contributed by atoms with van der Waals surface area (Å²) in [5.74, 6) is -0.423. The zero-order valence-corrected chi connectivity index (χ0v) is 17.8. The molecular weight excluding hydrogens is 418 g/mol. The third-order valence-electron chi connectivity index (χ3n) is 5.30. The van der Waals surface area contributed by atoms with Crippen LogP contribution in [-0.4, -0.2) is 17.1 Å². The van der Waals surface area contributed by atoms with E-state index in [1.807, 2.05) is 91.0 Å². The molecule has 0 spiro atoms. The number of rotatable bonds is 4. The Hall–Kier alpha value is -4.02. The summed E-state index contributed by atoms with van der Waals surface area (Å²) in [6.45, 7) is 0. The van der Waals surface area contributed by atoms with E-state index >= 15 is 0 Å². The number of nitrogens with zero attached hydrogens (tertiary/aromatic N) is 2. The number of hydrogen-bond acceptors (Lipinski definition) is 3. The van der Waals surface area contributed by atoms with Gasteiger partial charge in [0.15, 0.2) is 0 Å². The molecule has 5 aromatic rings. The Morgan fingerprint density at radius 1 is 0.812 bits per heavy atom. The zero-order valence-electron chi connectivity index (χ0n) is 17.0. The lowest BCUT2D eigenvalue weighted by molar-refractivity contribution is 0.0951. The van der Waals surface area contributed by atoms with Crippen LogP contribution >= 0.6 is 11.6 Å². The molecule has 154 valence electrons. The SMILES string of the molecule is O=C(N/N=C/c1ccc2ccccc2c1)c1nc(Cl)c2ccccc2c1-c1ccccc1. The Balaban J connectivity index is 1.51. The lowest BCUT2D eigenvalue weighted by Gasteiger charge is -2.13. The molecule has 4 aromatic carbocycles. The van der Waals surface area contributed by atoms with Gasteiger partial charge in [0, 0.05) is 10.9 Å². The van der Waals surface area contributed by atoms with E-state index in [1.54, 1.807) is 6.21 Å². The number of hydrazone groups is 1. The number of fused-ring (bicyclic) bond motifs is 2. The van der Waals surface area contributed by atoms with E-state index in [0.29, 0.717) is 0 Å². The summed E-state index contributed by atoms with van der Waals surface area (Å²) in [7, 11) is 0. The molecule has 0 fully saturated rings. The fourth-order valence-electron chi connectivity index (χ4n) is 3.79. The molecular formula is C27H18ClN3O. The first-order valence-corrected chi connectivity index (χ1v) is 10.5. The Morgan fingerprint density at radius 3 is 2.31 bits per heavy atom. The van der Waals surface area contributed by atoms with Crippen LogP contribution < -0.4 is 5.43 Å². The molecule has 4 nitrogen and oxygen atoms in total. The molecule has 0 bridgehead atoms. The van der Waals surface area contributed by atoms with Crippen LogP contribution in [0.4, 0.5) is 0 Å². The van der Waals surface area contributed by atoms with Crippen molar-refractivity contribution < 1.29 is 4.79 Å². The zero-order chi connectivity index (χ0) is 21.9. The number of pyridine rings is 1. The summed E-state index contributed by atoms with van der Waals surface area (Å²) in [5, 5.41) is 8.36. The van der Waals surface area contributed by atoms with Crippen molar-refractivity contribution in [3.05, 3.63) is 113 Å². The highest BCUT2D eigenvalue weighted by Gasteiger charge is 2.19. The van der Waals surface area contributed by atoms with Crippen molar-refractivity contribution in [3.63, 3.8) is 0 Å². The number of amides is 1. The molecule has 0 radical (unpaired) electrons. The normalized spacial score (nSPS) is 11.3. The van der Waals surface area contributed by atoms with Gasteiger partial charge in [-0.2, -0.15) is 5.10 Å². The minimum absolute atomic E-state index is 0.232. The largest absolute Gasteiger partial charge is 0.290 e. The number of carbonyl (C=O) groups is 1. The van der Waals surface area contributed by atoms with Gasteiger partial charge in [-0.25, -0.2) is 10.4 Å². The van der Waals surface area contributed by atoms with Crippen LogP contribution in [0, 0.1) is 0 Å². The molecule has 5 rings (SSSR count). The lowest BCUT2D eigenvalue weighted by atomic mass is 9.97. The van der Waals surface area contributed by atoms with Crippen molar-refractivity contribution in [2.75, 3.05) is 0 Å². The van der Waals surface area contributed by atoms with Gasteiger partial charge < -0.3 is 0 Å². The van der Waals surface area contributed by atoms with E-state index in [9.17, 15) is 4.79 Å². The summed E-state index contributed by atoms with van der Waals surface area (Å²) in [6.07, 6.45) is 1.62. The monoisotopic (exact) mass is 435 g/mol. The van der Waals surface area contributed by atoms with Crippen LogP contribution in [0.15, 0.2) is 102 Å². The minimum Gasteiger partial charge on any atom is -0.266 e. The number of carbonyl (C=O) groups excluding carboxylic acids is 1. The highest BCUT2D eigenvalue weighted by Crippen LogP contribution is 2.34. The smallest absolute Gasteiger partial charge is 0.266 e. The molecule has 0 unspecified atom stereocenters. The highest BCUT2D eigenvalue weighted by molar-refractivity contribution is 6.35. The van der Waals surface area contributed by atoms with Gasteiger partial charge in [0.2, 0.25) is 0 Å². The molecule has 0 saturated heterocycles. The van der Waals surface area contributed by atoms with E-state index in [-0.39, 0.29) is 10.8 Å². The quantitative estimate of drug-likeness (QED) is 0.200. The van der Waals surface area contributed by atoms with Gasteiger partial charge in [0.25, 0.3) is 5.91 Å². The van der Waals surface area contributed by atoms with Gasteiger partial charge in [0.1, 0.15) is 10.8 Å². The predicted molar refractivity (Wildman–Crippen MR) is 131 cm³/mol. The summed E-state index contributed by atoms with van der Waals surface area (Å²) in [6, 6.07) is 31.4. The Kier molecular flexibility index (Phi) is 5.36. The maximum Gasteiger partial charge on any atom is 0.290 e. The lowest BCUT2D eigenvalue weighted by Crippen LogP contribution is -2.20. The minimum atomic E-state index is -0.423. The second-order valence-corrected chi connectivity index (χ2v) is 7.70. The summed E-state index contributed by atoms with van der Waals surface area (Å²) in [4.78, 5) is 17.5. The van der Waals surface area contributed by atoms with E-state index in [2.05, 4.69) is 21.6 Å². The van der Waals surface area contributed by atoms with Gasteiger partial charge in [-0.05, 0) is 33.4 Å². The number of benzene rings is 4. The van der Waals surface area contributed by atoms with Crippen LogP contribution in [0.5, 0.6) is 0 Å². The molecule has 0 aliphatic rings. The Morgan fingerprint density at radius 2 is 1.50 bits per heavy atom. The number of halogens is 1. The summed E-state index contributed by atoms with van der Waals surface area (Å²) >= 11 is 6.42. The maximum atomic E-state index is 13.1. The maximum absolute atomic E-state index is 13.1. The fourth-order valence-corrected chi connectivity index (χ4v) is 4.04. The van der Waals surface area contributed by atoms with Crippen LogP contribution in [0.25, 0.3) is 32.7 Å². The van der Waals surface area contributed by atoms with Crippen molar-refractivity contribution in [1.29, 1.82) is 0 Å². The van der Waals surface area contributed by atoms with E-state index in [4.69, 9.17) is 11.6 Å². The topological polar surface area (TPSA) is 54.4 Å². The first kappa shape index (κ1) is 19.9. The molecule has 0 aliphatic carbocycles. The predicted octanol–water partition coefficient (Wildman–Crippen LogP) is 6.47. The first-order chi connectivity index (χ1) is 15.7. The molecule has 0 aliphatic heterocycles. The number of hydrogen-bond donors (Lipinski definition) is 1. The van der Waals surface area contributed by atoms with E-state index in [0.717, 1.165) is 38.2 Å². The number of nitrogens with one attached hydrogen (secondary N) is 1. The summed E-state index contributed by atoms with van der Waals surface area (Å²) in [5.41, 5.74) is 5.34. The van der Waals surface area contributed by atoms with Gasteiger partial charge in [-0.3, -0.25) is 4.79 Å². The third-order valence-corrected chi connectivity index (χ3v) is 5.58. The van der Waals surface area contributed by atoms with Crippen molar-refractivity contribution in [2.45, 2.75) is 0 Å². The Bertz CT molecular complexity index is 1480. The molecule has 1 heterocycles. The molecule has 0 atom stereocenters. The average Bonchev–Trinajstić information content (AvgIpc) is 2.84. The molecule has 5 heteroatoms. The van der Waals surface area contributed by atoms with E-state index in [1.165, 1.54) is 0 Å². The second kappa shape index (κ2) is 8.61. The molecule has 0 saturated carbocycles. The summed E-state index contributed by atoms with van der Waals surface area (Å²) < 4.78 is 0. The van der Waals surface area contributed by atoms with Gasteiger partial charge >= 0.3 is 0 Å². The molecule has 1 N–H and O–H groups in total. The van der Waals surface area contributed by atoms with Gasteiger partial charge in [0.05, 0.1) is 6.21 Å². The number of aromatic nitrogens is 1. The van der Waals surface area contributed by atoms with Crippen LogP contribution in [0.1, 0.15) is 16.1 Å². The third kappa shape index (κ3) is 3.84. The van der Waals surface area contributed by atoms with Crippen molar-refractivity contribution >= 4 is 45.3 Å². The van der Waals surface area contributed by atoms with Crippen LogP contribution in [-0.2, 0) is 0 Å². The van der Waals surface area contributed by atoms with Gasteiger partial charge in [-0.15, -0.1) is 0 Å². The van der Waals surface area contributed by atoms with Crippen molar-refractivity contribution in [3.8, 4) is 11.1 Å². The van der Waals surface area contributed by atoms with Crippen molar-refractivity contribution in [1.82, 2.24) is 10.4 Å². The highest BCUT2D eigenvalue weighted by atomic mass is 35.5.